The third-order valence-corrected chi connectivity index (χ3v) is 4.62. The predicted molar refractivity (Wildman–Crippen MR) is 92.6 cm³/mol. The summed E-state index contributed by atoms with van der Waals surface area (Å²) >= 11 is 0. The lowest BCUT2D eigenvalue weighted by Gasteiger charge is -2.25. The molecule has 1 heterocycles. The molecule has 2 aliphatic rings. The molecular formula is C18H26N4O. The second kappa shape index (κ2) is 7.02. The monoisotopic (exact) mass is 314 g/mol. The number of piperidine rings is 1. The van der Waals surface area contributed by atoms with Crippen molar-refractivity contribution in [1.29, 1.82) is 0 Å². The van der Waals surface area contributed by atoms with Crippen molar-refractivity contribution in [2.24, 2.45) is 4.99 Å². The van der Waals surface area contributed by atoms with Gasteiger partial charge in [-0.2, -0.15) is 0 Å². The predicted octanol–water partition coefficient (Wildman–Crippen LogP) is 1.68. The first-order chi connectivity index (χ1) is 11.2. The van der Waals surface area contributed by atoms with Crippen LogP contribution in [0.15, 0.2) is 29.3 Å². The molecule has 1 aromatic rings. The van der Waals surface area contributed by atoms with Crippen LogP contribution >= 0.6 is 0 Å². The molecule has 1 aliphatic heterocycles. The highest BCUT2D eigenvalue weighted by molar-refractivity contribution is 5.82. The summed E-state index contributed by atoms with van der Waals surface area (Å²) in [5.74, 6) is 1.59. The molecule has 0 bridgehead atoms. The lowest BCUT2D eigenvalue weighted by molar-refractivity contribution is -0.122. The van der Waals surface area contributed by atoms with Crippen LogP contribution in [0, 0.1) is 6.92 Å². The zero-order valence-electron chi connectivity index (χ0n) is 13.9. The van der Waals surface area contributed by atoms with Crippen LogP contribution in [0.4, 0.5) is 0 Å². The van der Waals surface area contributed by atoms with E-state index in [4.69, 9.17) is 0 Å². The topological polar surface area (TPSA) is 65.5 Å². The van der Waals surface area contributed by atoms with Gasteiger partial charge in [-0.25, -0.2) is 0 Å². The number of hydrogen-bond acceptors (Lipinski definition) is 2. The van der Waals surface area contributed by atoms with E-state index in [2.05, 4.69) is 52.1 Å². The average Bonchev–Trinajstić information content (AvgIpc) is 3.29. The summed E-state index contributed by atoms with van der Waals surface area (Å²) in [4.78, 5) is 15.8. The molecule has 5 heteroatoms. The number of amides is 1. The summed E-state index contributed by atoms with van der Waals surface area (Å²) in [5.41, 5.74) is 2.80. The van der Waals surface area contributed by atoms with E-state index in [0.717, 1.165) is 25.3 Å². The second-order valence-electron chi connectivity index (χ2n) is 6.46. The van der Waals surface area contributed by atoms with Crippen LogP contribution in [0.1, 0.15) is 43.2 Å². The van der Waals surface area contributed by atoms with Gasteiger partial charge in [0.15, 0.2) is 5.96 Å². The fraction of sp³-hybridized carbons (Fsp3) is 0.556. The molecule has 1 saturated heterocycles. The van der Waals surface area contributed by atoms with E-state index < -0.39 is 0 Å². The highest BCUT2D eigenvalue weighted by atomic mass is 16.1. The maximum absolute atomic E-state index is 11.3. The Kier molecular flexibility index (Phi) is 4.84. The summed E-state index contributed by atoms with van der Waals surface area (Å²) in [7, 11) is 0. The molecule has 2 fully saturated rings. The fourth-order valence-corrected chi connectivity index (χ4v) is 3.22. The second-order valence-corrected chi connectivity index (χ2v) is 6.46. The van der Waals surface area contributed by atoms with Crippen LogP contribution in [-0.4, -0.2) is 37.0 Å². The molecule has 0 radical (unpaired) electrons. The zero-order chi connectivity index (χ0) is 16.2. The Morgan fingerprint density at radius 1 is 1.35 bits per heavy atom. The third kappa shape index (κ3) is 4.03. The molecule has 23 heavy (non-hydrogen) atoms. The minimum atomic E-state index is 0.145. The third-order valence-electron chi connectivity index (χ3n) is 4.62. The Labute approximate surface area is 138 Å². The number of carbonyl (C=O) groups excluding carboxylic acids is 1. The molecular weight excluding hydrogens is 288 g/mol. The van der Waals surface area contributed by atoms with Gasteiger partial charge >= 0.3 is 0 Å². The maximum Gasteiger partial charge on any atom is 0.220 e. The summed E-state index contributed by atoms with van der Waals surface area (Å²) in [6, 6.07) is 9.32. The molecule has 3 unspecified atom stereocenters. The van der Waals surface area contributed by atoms with Crippen molar-refractivity contribution in [2.75, 3.05) is 13.1 Å². The standard InChI is InChI=1S/C18H26N4O/c1-3-19-18(21-13-8-9-17(23)20-11-13)22-16-10-15(16)14-7-5-4-6-12(14)2/h4-7,13,15-16H,3,8-11H2,1-2H3,(H,20,23)(H2,19,21,22). The molecule has 3 atom stereocenters. The van der Waals surface area contributed by atoms with Gasteiger partial charge in [0, 0.05) is 37.5 Å². The van der Waals surface area contributed by atoms with E-state index in [0.29, 0.717) is 24.9 Å². The number of hydrogen-bond donors (Lipinski definition) is 3. The number of guanidine groups is 1. The summed E-state index contributed by atoms with van der Waals surface area (Å²) in [5, 5.41) is 9.92. The van der Waals surface area contributed by atoms with Gasteiger partial charge in [0.05, 0.1) is 0 Å². The highest BCUT2D eigenvalue weighted by Gasteiger charge is 2.39. The van der Waals surface area contributed by atoms with Crippen LogP contribution < -0.4 is 16.0 Å². The molecule has 0 spiro atoms. The van der Waals surface area contributed by atoms with Crippen LogP contribution in [0.5, 0.6) is 0 Å². The Morgan fingerprint density at radius 2 is 2.17 bits per heavy atom. The van der Waals surface area contributed by atoms with E-state index in [-0.39, 0.29) is 11.9 Å². The largest absolute Gasteiger partial charge is 0.354 e. The zero-order valence-corrected chi connectivity index (χ0v) is 13.9. The molecule has 124 valence electrons. The van der Waals surface area contributed by atoms with Gasteiger partial charge in [0.2, 0.25) is 5.91 Å². The van der Waals surface area contributed by atoms with Crippen molar-refractivity contribution in [2.45, 2.75) is 51.1 Å². The van der Waals surface area contributed by atoms with Crippen molar-refractivity contribution in [3.8, 4) is 0 Å². The number of carbonyl (C=O) groups is 1. The van der Waals surface area contributed by atoms with Gasteiger partial charge in [0.25, 0.3) is 0 Å². The number of nitrogens with zero attached hydrogens (tertiary/aromatic N) is 1. The van der Waals surface area contributed by atoms with E-state index in [9.17, 15) is 4.79 Å². The lowest BCUT2D eigenvalue weighted by Crippen LogP contribution is -2.51. The van der Waals surface area contributed by atoms with Gasteiger partial charge in [-0.3, -0.25) is 9.79 Å². The van der Waals surface area contributed by atoms with Gasteiger partial charge in [-0.05, 0) is 37.8 Å². The van der Waals surface area contributed by atoms with E-state index >= 15 is 0 Å². The molecule has 1 saturated carbocycles. The van der Waals surface area contributed by atoms with Crippen molar-refractivity contribution >= 4 is 11.9 Å². The maximum atomic E-state index is 11.3. The number of aryl methyl sites for hydroxylation is 1. The van der Waals surface area contributed by atoms with E-state index in [1.165, 1.54) is 11.1 Å². The normalized spacial score (nSPS) is 27.3. The Morgan fingerprint density at radius 3 is 2.87 bits per heavy atom. The molecule has 5 nitrogen and oxygen atoms in total. The quantitative estimate of drug-likeness (QED) is 0.585. The molecule has 1 amide bonds. The number of benzene rings is 1. The van der Waals surface area contributed by atoms with Gasteiger partial charge < -0.3 is 16.0 Å². The van der Waals surface area contributed by atoms with Crippen molar-refractivity contribution < 1.29 is 4.79 Å². The van der Waals surface area contributed by atoms with Crippen molar-refractivity contribution in [1.82, 2.24) is 16.0 Å². The van der Waals surface area contributed by atoms with Gasteiger partial charge in [-0.1, -0.05) is 24.3 Å². The fourth-order valence-electron chi connectivity index (χ4n) is 3.22. The average molecular weight is 314 g/mol. The minimum absolute atomic E-state index is 0.145. The highest BCUT2D eigenvalue weighted by Crippen LogP contribution is 2.42. The first-order valence-electron chi connectivity index (χ1n) is 8.57. The Hall–Kier alpha value is -2.04. The van der Waals surface area contributed by atoms with Crippen LogP contribution in [-0.2, 0) is 4.79 Å². The van der Waals surface area contributed by atoms with Crippen molar-refractivity contribution in [3.05, 3.63) is 35.4 Å². The smallest absolute Gasteiger partial charge is 0.220 e. The SMILES string of the molecule is CCN=C(NC1CCC(=O)NC1)NC1CC1c1ccccc1C. The molecule has 1 aromatic carbocycles. The van der Waals surface area contributed by atoms with Crippen molar-refractivity contribution in [3.63, 3.8) is 0 Å². The minimum Gasteiger partial charge on any atom is -0.354 e. The van der Waals surface area contributed by atoms with Crippen LogP contribution in [0.3, 0.4) is 0 Å². The van der Waals surface area contributed by atoms with Crippen LogP contribution in [0.2, 0.25) is 0 Å². The summed E-state index contributed by atoms with van der Waals surface area (Å²) in [6.45, 7) is 5.64. The van der Waals surface area contributed by atoms with Gasteiger partial charge in [0.1, 0.15) is 0 Å². The molecule has 1 aliphatic carbocycles. The summed E-state index contributed by atoms with van der Waals surface area (Å²) < 4.78 is 0. The molecule has 3 rings (SSSR count). The molecule has 3 N–H and O–H groups in total. The first-order valence-corrected chi connectivity index (χ1v) is 8.57. The lowest BCUT2D eigenvalue weighted by atomic mass is 10.0. The van der Waals surface area contributed by atoms with Crippen LogP contribution in [0.25, 0.3) is 0 Å². The van der Waals surface area contributed by atoms with E-state index in [1.54, 1.807) is 0 Å². The Bertz CT molecular complexity index is 588. The summed E-state index contributed by atoms with van der Waals surface area (Å²) in [6.07, 6.45) is 2.60. The Balaban J connectivity index is 1.56. The number of nitrogens with one attached hydrogen (secondary N) is 3. The molecule has 0 aromatic heterocycles. The van der Waals surface area contributed by atoms with E-state index in [1.807, 2.05) is 6.92 Å². The first kappa shape index (κ1) is 15.8. The van der Waals surface area contributed by atoms with Gasteiger partial charge in [-0.15, -0.1) is 0 Å². The number of aliphatic imine (C=N–C) groups is 1. The number of rotatable bonds is 4.